The van der Waals surface area contributed by atoms with Crippen LogP contribution in [0.5, 0.6) is 0 Å². The van der Waals surface area contributed by atoms with Crippen LogP contribution in [0.25, 0.3) is 22.8 Å². The Balaban J connectivity index is 0.952. The molecule has 4 N–H and O–H groups in total. The Morgan fingerprint density at radius 1 is 0.593 bits per heavy atom. The van der Waals surface area contributed by atoms with E-state index in [-0.39, 0.29) is 35.4 Å². The lowest BCUT2D eigenvalue weighted by atomic mass is 10.0. The van der Waals surface area contributed by atoms with Crippen LogP contribution in [0.4, 0.5) is 11.4 Å². The SMILES string of the molecule is CC(=O)N[C@@H](C(=O)N1CCCC1C(=O)Nc1ccc(-c2cnc(-c3ccc(NC(=O)C4CCCN4C(=O)[C@H](NC(C)=O)c4ccccc4)cc3)o2)cc1)c1ccccc1. The molecule has 4 atom stereocenters. The van der Waals surface area contributed by atoms with Gasteiger partial charge in [-0.3, -0.25) is 28.8 Å². The van der Waals surface area contributed by atoms with Crippen LogP contribution in [0.3, 0.4) is 0 Å². The fourth-order valence-corrected chi connectivity index (χ4v) is 7.62. The summed E-state index contributed by atoms with van der Waals surface area (Å²) in [6.07, 6.45) is 3.93. The van der Waals surface area contributed by atoms with E-state index >= 15 is 0 Å². The predicted octanol–water partition coefficient (Wildman–Crippen LogP) is 5.62. The molecule has 2 fully saturated rings. The molecule has 7 rings (SSSR count). The third kappa shape index (κ3) is 9.39. The van der Waals surface area contributed by atoms with Gasteiger partial charge in [-0.05, 0) is 85.3 Å². The molecule has 0 saturated carbocycles. The summed E-state index contributed by atoms with van der Waals surface area (Å²) >= 11 is 0. The number of benzene rings is 4. The van der Waals surface area contributed by atoms with Crippen molar-refractivity contribution in [1.82, 2.24) is 25.4 Å². The van der Waals surface area contributed by atoms with Gasteiger partial charge in [0.2, 0.25) is 41.3 Å². The van der Waals surface area contributed by atoms with E-state index in [1.165, 1.54) is 18.7 Å². The van der Waals surface area contributed by atoms with Crippen molar-refractivity contribution >= 4 is 46.8 Å². The van der Waals surface area contributed by atoms with Crippen LogP contribution in [0.15, 0.2) is 120 Å². The molecular weight excluding hydrogens is 751 g/mol. The summed E-state index contributed by atoms with van der Waals surface area (Å²) in [4.78, 5) is 85.7. The Kier molecular flexibility index (Phi) is 12.2. The van der Waals surface area contributed by atoms with Gasteiger partial charge in [0.1, 0.15) is 24.2 Å². The van der Waals surface area contributed by atoms with Crippen LogP contribution in [-0.2, 0) is 28.8 Å². The molecule has 14 nitrogen and oxygen atoms in total. The first-order valence-corrected chi connectivity index (χ1v) is 19.6. The molecule has 6 amide bonds. The van der Waals surface area contributed by atoms with Gasteiger partial charge >= 0.3 is 0 Å². The van der Waals surface area contributed by atoms with Gasteiger partial charge in [-0.15, -0.1) is 0 Å². The lowest BCUT2D eigenvalue weighted by molar-refractivity contribution is -0.140. The van der Waals surface area contributed by atoms with Crippen molar-refractivity contribution in [3.8, 4) is 22.8 Å². The number of anilines is 2. The van der Waals surface area contributed by atoms with Gasteiger partial charge in [-0.1, -0.05) is 60.7 Å². The fourth-order valence-electron chi connectivity index (χ4n) is 7.62. The van der Waals surface area contributed by atoms with E-state index in [1.54, 1.807) is 108 Å². The average molecular weight is 796 g/mol. The lowest BCUT2D eigenvalue weighted by Gasteiger charge is -2.28. The first kappa shape index (κ1) is 40.1. The lowest BCUT2D eigenvalue weighted by Crippen LogP contribution is -2.48. The number of amides is 6. The van der Waals surface area contributed by atoms with Crippen LogP contribution >= 0.6 is 0 Å². The number of nitrogens with one attached hydrogen (secondary N) is 4. The van der Waals surface area contributed by atoms with Gasteiger partial charge in [0, 0.05) is 49.4 Å². The minimum atomic E-state index is -0.894. The average Bonchev–Trinajstić information content (AvgIpc) is 4.05. The first-order chi connectivity index (χ1) is 28.5. The van der Waals surface area contributed by atoms with E-state index in [2.05, 4.69) is 26.3 Å². The third-order valence-corrected chi connectivity index (χ3v) is 10.5. The number of carbonyl (C=O) groups is 6. The molecule has 0 spiro atoms. The summed E-state index contributed by atoms with van der Waals surface area (Å²) < 4.78 is 6.08. The molecule has 2 unspecified atom stereocenters. The van der Waals surface area contributed by atoms with Crippen molar-refractivity contribution in [3.63, 3.8) is 0 Å². The molecular formula is C45H45N7O7. The summed E-state index contributed by atoms with van der Waals surface area (Å²) in [5.74, 6) is -1.10. The number of hydrogen-bond acceptors (Lipinski definition) is 8. The highest BCUT2D eigenvalue weighted by atomic mass is 16.4. The normalized spacial score (nSPS) is 17.1. The van der Waals surface area contributed by atoms with Crippen molar-refractivity contribution in [2.24, 2.45) is 0 Å². The van der Waals surface area contributed by atoms with Crippen molar-refractivity contribution in [1.29, 1.82) is 0 Å². The second-order valence-corrected chi connectivity index (χ2v) is 14.6. The smallest absolute Gasteiger partial charge is 0.250 e. The second-order valence-electron chi connectivity index (χ2n) is 14.6. The van der Waals surface area contributed by atoms with E-state index < -0.39 is 24.2 Å². The maximum Gasteiger partial charge on any atom is 0.250 e. The Morgan fingerprint density at radius 2 is 1.02 bits per heavy atom. The maximum atomic E-state index is 13.7. The molecule has 2 aliphatic heterocycles. The zero-order valence-electron chi connectivity index (χ0n) is 32.7. The van der Waals surface area contributed by atoms with E-state index in [0.29, 0.717) is 78.5 Å². The van der Waals surface area contributed by atoms with Crippen LogP contribution in [0, 0.1) is 0 Å². The Bertz CT molecular complexity index is 2150. The monoisotopic (exact) mass is 795 g/mol. The summed E-state index contributed by atoms with van der Waals surface area (Å²) in [6.45, 7) is 3.53. The number of nitrogens with zero attached hydrogens (tertiary/aromatic N) is 3. The molecule has 2 aliphatic rings. The highest BCUT2D eigenvalue weighted by molar-refractivity contribution is 6.00. The van der Waals surface area contributed by atoms with Crippen molar-refractivity contribution < 1.29 is 33.2 Å². The predicted molar refractivity (Wildman–Crippen MR) is 220 cm³/mol. The molecule has 2 saturated heterocycles. The molecule has 0 aliphatic carbocycles. The Labute approximate surface area is 341 Å². The Morgan fingerprint density at radius 3 is 1.44 bits per heavy atom. The highest BCUT2D eigenvalue weighted by Crippen LogP contribution is 2.30. The highest BCUT2D eigenvalue weighted by Gasteiger charge is 2.39. The largest absolute Gasteiger partial charge is 0.436 e. The molecule has 3 heterocycles. The number of likely N-dealkylation sites (tertiary alicyclic amines) is 2. The van der Waals surface area contributed by atoms with Crippen molar-refractivity contribution in [3.05, 3.63) is 127 Å². The van der Waals surface area contributed by atoms with Gasteiger partial charge in [-0.2, -0.15) is 0 Å². The number of carbonyl (C=O) groups excluding carboxylic acids is 6. The van der Waals surface area contributed by atoms with Crippen LogP contribution < -0.4 is 21.3 Å². The molecule has 14 heteroatoms. The van der Waals surface area contributed by atoms with E-state index in [4.69, 9.17) is 4.42 Å². The maximum absolute atomic E-state index is 13.7. The minimum Gasteiger partial charge on any atom is -0.436 e. The summed E-state index contributed by atoms with van der Waals surface area (Å²) in [5, 5.41) is 11.3. The van der Waals surface area contributed by atoms with E-state index in [1.807, 2.05) is 12.1 Å². The van der Waals surface area contributed by atoms with Gasteiger partial charge in [0.05, 0.1) is 6.20 Å². The van der Waals surface area contributed by atoms with Gasteiger partial charge in [-0.25, -0.2) is 4.98 Å². The molecule has 5 aromatic rings. The summed E-state index contributed by atoms with van der Waals surface area (Å²) in [5.41, 5.74) is 3.79. The quantitative estimate of drug-likeness (QED) is 0.125. The van der Waals surface area contributed by atoms with Crippen LogP contribution in [-0.4, -0.2) is 75.4 Å². The third-order valence-electron chi connectivity index (χ3n) is 10.5. The summed E-state index contributed by atoms with van der Waals surface area (Å²) in [6, 6.07) is 28.9. The zero-order valence-corrected chi connectivity index (χ0v) is 32.7. The van der Waals surface area contributed by atoms with Crippen molar-refractivity contribution in [2.45, 2.75) is 63.7 Å². The van der Waals surface area contributed by atoms with Gasteiger partial charge < -0.3 is 35.5 Å². The molecule has 0 bridgehead atoms. The molecule has 59 heavy (non-hydrogen) atoms. The number of hydrogen-bond donors (Lipinski definition) is 4. The molecule has 4 aromatic carbocycles. The molecule has 302 valence electrons. The zero-order chi connectivity index (χ0) is 41.5. The molecule has 1 aromatic heterocycles. The minimum absolute atomic E-state index is 0.312. The standard InChI is InChI=1S/C45H45N7O7/c1-28(53)47-39(31-11-5-3-6-12-31)44(57)51-25-9-15-36(51)41(55)49-34-21-17-30(18-22-34)38-27-46-43(59-38)33-19-23-35(24-20-33)50-42(56)37-16-10-26-52(37)45(58)40(48-29(2)54)32-13-7-4-8-14-32/h3-8,11-14,17-24,27,36-37,39-40H,9-10,15-16,25-26H2,1-2H3,(H,47,53)(H,48,54)(H,49,55)(H,50,56)/t36?,37?,39-,40-/m1/s1. The topological polar surface area (TPSA) is 183 Å². The van der Waals surface area contributed by atoms with E-state index in [0.717, 1.165) is 5.56 Å². The van der Waals surface area contributed by atoms with E-state index in [9.17, 15) is 28.8 Å². The number of oxazole rings is 1. The number of rotatable bonds is 12. The van der Waals surface area contributed by atoms with Gasteiger partial charge in [0.15, 0.2) is 5.76 Å². The van der Waals surface area contributed by atoms with Gasteiger partial charge in [0.25, 0.3) is 0 Å². The number of aromatic nitrogens is 1. The second kappa shape index (κ2) is 18.0. The van der Waals surface area contributed by atoms with Crippen LogP contribution in [0.1, 0.15) is 62.7 Å². The van der Waals surface area contributed by atoms with Crippen molar-refractivity contribution in [2.75, 3.05) is 23.7 Å². The summed E-state index contributed by atoms with van der Waals surface area (Å²) in [7, 11) is 0. The fraction of sp³-hybridized carbons (Fsp3) is 0.267. The Hall–Kier alpha value is -7.09. The molecule has 0 radical (unpaired) electrons. The first-order valence-electron chi connectivity index (χ1n) is 19.6. The van der Waals surface area contributed by atoms with Crippen LogP contribution in [0.2, 0.25) is 0 Å².